The van der Waals surface area contributed by atoms with Gasteiger partial charge in [0.2, 0.25) is 6.79 Å². The second-order valence-electron chi connectivity index (χ2n) is 5.87. The van der Waals surface area contributed by atoms with Crippen molar-refractivity contribution < 1.29 is 22.6 Å². The molecule has 7 nitrogen and oxygen atoms in total. The van der Waals surface area contributed by atoms with Crippen LogP contribution in [-0.4, -0.2) is 63.4 Å². The van der Waals surface area contributed by atoms with Crippen LogP contribution in [-0.2, 0) is 14.6 Å². The van der Waals surface area contributed by atoms with E-state index in [1.165, 1.54) is 0 Å². The average molecular weight is 370 g/mol. The van der Waals surface area contributed by atoms with Crippen molar-refractivity contribution in [2.75, 3.05) is 42.7 Å². The van der Waals surface area contributed by atoms with E-state index in [9.17, 15) is 8.42 Å². The molecule has 0 aliphatic carbocycles. The molecule has 0 radical (unpaired) electrons. The minimum absolute atomic E-state index is 0.118. The molecule has 1 saturated heterocycles. The Hall–Kier alpha value is -1.45. The number of hydrogen-bond acceptors (Lipinski definition) is 8. The van der Waals surface area contributed by atoms with Crippen LogP contribution in [0.15, 0.2) is 23.2 Å². The summed E-state index contributed by atoms with van der Waals surface area (Å²) >= 11 is 1.59. The van der Waals surface area contributed by atoms with Gasteiger partial charge in [-0.15, -0.1) is 0 Å². The van der Waals surface area contributed by atoms with Crippen LogP contribution in [0.3, 0.4) is 0 Å². The number of nitrogens with zero attached hydrogens (tertiary/aromatic N) is 2. The predicted octanol–water partition coefficient (Wildman–Crippen LogP) is 1.14. The first kappa shape index (κ1) is 16.0. The number of hydrogen-bond donors (Lipinski definition) is 0. The summed E-state index contributed by atoms with van der Waals surface area (Å²) in [5.41, 5.74) is 0.882. The highest BCUT2D eigenvalue weighted by Crippen LogP contribution is 2.40. The van der Waals surface area contributed by atoms with Gasteiger partial charge in [0.15, 0.2) is 26.5 Å². The Labute approximate surface area is 144 Å². The first-order valence-corrected chi connectivity index (χ1v) is 10.5. The maximum absolute atomic E-state index is 12.0. The van der Waals surface area contributed by atoms with Gasteiger partial charge in [0, 0.05) is 24.6 Å². The van der Waals surface area contributed by atoms with E-state index in [-0.39, 0.29) is 30.4 Å². The van der Waals surface area contributed by atoms with Crippen LogP contribution < -0.4 is 14.4 Å². The highest BCUT2D eigenvalue weighted by molar-refractivity contribution is 8.14. The van der Waals surface area contributed by atoms with Crippen LogP contribution >= 0.6 is 11.8 Å². The fourth-order valence-electron chi connectivity index (χ4n) is 3.19. The molecule has 4 rings (SSSR count). The molecule has 0 aromatic heterocycles. The number of methoxy groups -OCH3 is 1. The molecule has 1 aromatic rings. The molecule has 130 valence electrons. The van der Waals surface area contributed by atoms with E-state index >= 15 is 0 Å². The fourth-order valence-corrected chi connectivity index (χ4v) is 6.05. The molecule has 3 aliphatic rings. The van der Waals surface area contributed by atoms with Gasteiger partial charge in [-0.1, -0.05) is 11.8 Å². The summed E-state index contributed by atoms with van der Waals surface area (Å²) in [5.74, 6) is 2.40. The van der Waals surface area contributed by atoms with Gasteiger partial charge < -0.3 is 19.1 Å². The van der Waals surface area contributed by atoms with E-state index in [1.54, 1.807) is 18.9 Å². The number of thioether (sulfide) groups is 1. The van der Waals surface area contributed by atoms with E-state index < -0.39 is 9.84 Å². The number of aliphatic imine (C=N–C) groups is 1. The highest BCUT2D eigenvalue weighted by atomic mass is 32.2. The predicted molar refractivity (Wildman–Crippen MR) is 93.0 cm³/mol. The van der Waals surface area contributed by atoms with Crippen molar-refractivity contribution in [3.63, 3.8) is 0 Å². The molecule has 9 heteroatoms. The van der Waals surface area contributed by atoms with Gasteiger partial charge in [-0.2, -0.15) is 0 Å². The van der Waals surface area contributed by atoms with E-state index in [2.05, 4.69) is 4.99 Å². The number of fused-ring (bicyclic) bond motifs is 2. The second kappa shape index (κ2) is 6.12. The minimum atomic E-state index is -3.05. The summed E-state index contributed by atoms with van der Waals surface area (Å²) in [7, 11) is -1.38. The zero-order valence-corrected chi connectivity index (χ0v) is 14.8. The van der Waals surface area contributed by atoms with E-state index in [1.807, 2.05) is 23.1 Å². The van der Waals surface area contributed by atoms with Gasteiger partial charge in [-0.05, 0) is 12.1 Å². The molecule has 3 heterocycles. The molecule has 24 heavy (non-hydrogen) atoms. The normalized spacial score (nSPS) is 26.5. The number of benzene rings is 1. The number of anilines is 1. The summed E-state index contributed by atoms with van der Waals surface area (Å²) in [6.07, 6.45) is 0. The van der Waals surface area contributed by atoms with Gasteiger partial charge in [0.25, 0.3) is 0 Å². The third-order valence-electron chi connectivity index (χ3n) is 4.26. The van der Waals surface area contributed by atoms with Crippen LogP contribution in [0.5, 0.6) is 11.5 Å². The van der Waals surface area contributed by atoms with Gasteiger partial charge >= 0.3 is 0 Å². The van der Waals surface area contributed by atoms with Crippen LogP contribution in [0, 0.1) is 0 Å². The Morgan fingerprint density at radius 2 is 2.17 bits per heavy atom. The molecular weight excluding hydrogens is 352 g/mol. The van der Waals surface area contributed by atoms with Crippen LogP contribution in [0.2, 0.25) is 0 Å². The lowest BCUT2D eigenvalue weighted by atomic mass is 10.1. The van der Waals surface area contributed by atoms with Crippen LogP contribution in [0.1, 0.15) is 0 Å². The van der Waals surface area contributed by atoms with E-state index in [0.717, 1.165) is 16.6 Å². The van der Waals surface area contributed by atoms with Gasteiger partial charge in [-0.3, -0.25) is 4.99 Å². The summed E-state index contributed by atoms with van der Waals surface area (Å²) in [4.78, 5) is 6.69. The summed E-state index contributed by atoms with van der Waals surface area (Å²) in [6, 6.07) is 5.31. The molecule has 0 saturated carbocycles. The third kappa shape index (κ3) is 2.84. The lowest BCUT2D eigenvalue weighted by Crippen LogP contribution is -2.39. The van der Waals surface area contributed by atoms with Gasteiger partial charge in [0.1, 0.15) is 0 Å². The Bertz CT molecular complexity index is 780. The molecule has 1 aromatic carbocycles. The standard InChI is InChI=1S/C15H18N2O5S2/c1-20-4-5-23-15-16-11-7-24(18,19)8-12(11)17(15)10-2-3-13-14(6-10)22-9-21-13/h2-3,6,11-12H,4-5,7-9H2,1H3/t11-,12+/m1/s1. The zero-order valence-electron chi connectivity index (χ0n) is 13.2. The summed E-state index contributed by atoms with van der Waals surface area (Å²) < 4.78 is 39.9. The molecule has 1 fully saturated rings. The second-order valence-corrected chi connectivity index (χ2v) is 9.09. The van der Waals surface area contributed by atoms with E-state index in [0.29, 0.717) is 18.1 Å². The van der Waals surface area contributed by atoms with Crippen molar-refractivity contribution in [1.82, 2.24) is 0 Å². The summed E-state index contributed by atoms with van der Waals surface area (Å²) in [6.45, 7) is 0.828. The monoisotopic (exact) mass is 370 g/mol. The molecular formula is C15H18N2O5S2. The van der Waals surface area contributed by atoms with Gasteiger partial charge in [0.05, 0.1) is 30.2 Å². The van der Waals surface area contributed by atoms with Crippen molar-refractivity contribution in [1.29, 1.82) is 0 Å². The SMILES string of the molecule is COCCSC1=N[C@@H]2CS(=O)(=O)C[C@@H]2N1c1ccc2c(c1)OCO2. The molecule has 0 unspecified atom stereocenters. The molecule has 0 bridgehead atoms. The van der Waals surface area contributed by atoms with Crippen molar-refractivity contribution in [3.8, 4) is 11.5 Å². The third-order valence-corrected chi connectivity index (χ3v) is 6.89. The molecule has 0 spiro atoms. The largest absolute Gasteiger partial charge is 0.454 e. The van der Waals surface area contributed by atoms with Crippen molar-refractivity contribution >= 4 is 32.5 Å². The van der Waals surface area contributed by atoms with Crippen LogP contribution in [0.25, 0.3) is 0 Å². The molecule has 0 amide bonds. The number of rotatable bonds is 4. The van der Waals surface area contributed by atoms with Crippen molar-refractivity contribution in [2.24, 2.45) is 4.99 Å². The first-order chi connectivity index (χ1) is 11.6. The topological polar surface area (TPSA) is 77.4 Å². The van der Waals surface area contributed by atoms with E-state index in [4.69, 9.17) is 14.2 Å². The number of sulfone groups is 1. The average Bonchev–Trinajstić information content (AvgIpc) is 3.18. The lowest BCUT2D eigenvalue weighted by Gasteiger charge is -2.26. The Morgan fingerprint density at radius 3 is 3.00 bits per heavy atom. The number of ether oxygens (including phenoxy) is 3. The summed E-state index contributed by atoms with van der Waals surface area (Å²) in [5, 5.41) is 0.843. The minimum Gasteiger partial charge on any atom is -0.454 e. The van der Waals surface area contributed by atoms with Crippen molar-refractivity contribution in [3.05, 3.63) is 18.2 Å². The quantitative estimate of drug-likeness (QED) is 0.736. The smallest absolute Gasteiger partial charge is 0.231 e. The molecule has 2 atom stereocenters. The Morgan fingerprint density at radius 1 is 1.33 bits per heavy atom. The number of amidine groups is 1. The zero-order chi connectivity index (χ0) is 16.7. The molecule has 3 aliphatic heterocycles. The first-order valence-electron chi connectivity index (χ1n) is 7.66. The van der Waals surface area contributed by atoms with Gasteiger partial charge in [-0.25, -0.2) is 8.42 Å². The lowest BCUT2D eigenvalue weighted by molar-refractivity contribution is 0.174. The maximum Gasteiger partial charge on any atom is 0.231 e. The Balaban J connectivity index is 1.65. The highest BCUT2D eigenvalue weighted by Gasteiger charge is 2.47. The Kier molecular flexibility index (Phi) is 4.09. The van der Waals surface area contributed by atoms with Crippen LogP contribution in [0.4, 0.5) is 5.69 Å². The molecule has 0 N–H and O–H groups in total. The maximum atomic E-state index is 12.0. The fraction of sp³-hybridized carbons (Fsp3) is 0.533. The van der Waals surface area contributed by atoms with Crippen molar-refractivity contribution in [2.45, 2.75) is 12.1 Å².